The highest BCUT2D eigenvalue weighted by Crippen LogP contribution is 2.25. The van der Waals surface area contributed by atoms with Crippen LogP contribution in [0.1, 0.15) is 33.3 Å². The first-order chi connectivity index (χ1) is 9.35. The van der Waals surface area contributed by atoms with Crippen molar-refractivity contribution in [3.05, 3.63) is 28.8 Å². The monoisotopic (exact) mass is 296 g/mol. The van der Waals surface area contributed by atoms with Gasteiger partial charge in [0.25, 0.3) is 0 Å². The molecule has 1 fully saturated rings. The topological polar surface area (TPSA) is 24.5 Å². The maximum absolute atomic E-state index is 6.42. The average molecular weight is 297 g/mol. The summed E-state index contributed by atoms with van der Waals surface area (Å²) in [6, 6.07) is 6.35. The van der Waals surface area contributed by atoms with Gasteiger partial charge in [0.15, 0.2) is 0 Å². The van der Waals surface area contributed by atoms with E-state index in [0.717, 1.165) is 36.8 Å². The molecule has 0 amide bonds. The molecule has 3 nitrogen and oxygen atoms in total. The number of hydrogen-bond donors (Lipinski definition) is 1. The molecule has 0 aliphatic carbocycles. The zero-order valence-corrected chi connectivity index (χ0v) is 13.6. The number of morpholine rings is 1. The number of rotatable bonds is 3. The number of ether oxygens (including phenoxy) is 1. The van der Waals surface area contributed by atoms with Gasteiger partial charge in [0.05, 0.1) is 12.7 Å². The molecule has 0 radical (unpaired) electrons. The minimum Gasteiger partial charge on any atom is -0.375 e. The fourth-order valence-corrected chi connectivity index (χ4v) is 2.53. The lowest BCUT2D eigenvalue weighted by molar-refractivity contribution is 0.0532. The first kappa shape index (κ1) is 15.6. The van der Waals surface area contributed by atoms with E-state index in [1.54, 1.807) is 0 Å². The number of nitrogens with zero attached hydrogens (tertiary/aromatic N) is 1. The lowest BCUT2D eigenvalue weighted by Crippen LogP contribution is -2.41. The zero-order chi connectivity index (χ0) is 14.8. The predicted molar refractivity (Wildman–Crippen MR) is 85.7 cm³/mol. The van der Waals surface area contributed by atoms with Gasteiger partial charge < -0.3 is 15.0 Å². The standard InChI is InChI=1S/C16H25ClN2O/c1-12-11-19(7-8-20-12)14-6-5-13(15(17)9-14)10-18-16(2,3)4/h5-6,9,12,18H,7-8,10-11H2,1-4H3. The van der Waals surface area contributed by atoms with Gasteiger partial charge in [-0.3, -0.25) is 0 Å². The number of benzene rings is 1. The molecule has 0 bridgehead atoms. The largest absolute Gasteiger partial charge is 0.375 e. The fraction of sp³-hybridized carbons (Fsp3) is 0.625. The average Bonchev–Trinajstić information content (AvgIpc) is 2.36. The summed E-state index contributed by atoms with van der Waals surface area (Å²) in [5.41, 5.74) is 2.43. The van der Waals surface area contributed by atoms with E-state index in [0.29, 0.717) is 0 Å². The highest BCUT2D eigenvalue weighted by atomic mass is 35.5. The van der Waals surface area contributed by atoms with Gasteiger partial charge in [-0.2, -0.15) is 0 Å². The Labute approximate surface area is 127 Å². The van der Waals surface area contributed by atoms with Gasteiger partial charge in [0.1, 0.15) is 0 Å². The molecule has 2 rings (SSSR count). The normalized spacial score (nSPS) is 20.2. The van der Waals surface area contributed by atoms with Crippen LogP contribution in [0.4, 0.5) is 5.69 Å². The summed E-state index contributed by atoms with van der Waals surface area (Å²) in [7, 11) is 0. The van der Waals surface area contributed by atoms with Crippen LogP contribution in [0.5, 0.6) is 0 Å². The smallest absolute Gasteiger partial charge is 0.0722 e. The van der Waals surface area contributed by atoms with Crippen molar-refractivity contribution in [1.82, 2.24) is 5.32 Å². The Balaban J connectivity index is 2.05. The molecule has 1 aromatic carbocycles. The summed E-state index contributed by atoms with van der Waals surface area (Å²) in [6.45, 7) is 12.0. The minimum atomic E-state index is 0.0989. The molecule has 4 heteroatoms. The molecule has 1 aromatic rings. The van der Waals surface area contributed by atoms with Crippen LogP contribution in [0.15, 0.2) is 18.2 Å². The van der Waals surface area contributed by atoms with Crippen molar-refractivity contribution in [2.24, 2.45) is 0 Å². The van der Waals surface area contributed by atoms with Crippen LogP contribution in [-0.2, 0) is 11.3 Å². The van der Waals surface area contributed by atoms with E-state index in [1.165, 1.54) is 5.69 Å². The Bertz CT molecular complexity index is 456. The molecule has 1 saturated heterocycles. The Hall–Kier alpha value is -0.770. The van der Waals surface area contributed by atoms with Crippen LogP contribution in [-0.4, -0.2) is 31.3 Å². The van der Waals surface area contributed by atoms with Gasteiger partial charge in [-0.05, 0) is 45.4 Å². The van der Waals surface area contributed by atoms with Crippen LogP contribution in [0, 0.1) is 0 Å². The van der Waals surface area contributed by atoms with Gasteiger partial charge in [0, 0.05) is 35.9 Å². The molecule has 1 unspecified atom stereocenters. The van der Waals surface area contributed by atoms with Crippen LogP contribution in [0.25, 0.3) is 0 Å². The van der Waals surface area contributed by atoms with Crippen molar-refractivity contribution < 1.29 is 4.74 Å². The van der Waals surface area contributed by atoms with Gasteiger partial charge in [-0.25, -0.2) is 0 Å². The fourth-order valence-electron chi connectivity index (χ4n) is 2.29. The Kier molecular flexibility index (Phi) is 4.95. The van der Waals surface area contributed by atoms with Gasteiger partial charge in [0.2, 0.25) is 0 Å². The van der Waals surface area contributed by atoms with E-state index >= 15 is 0 Å². The summed E-state index contributed by atoms with van der Waals surface area (Å²) < 4.78 is 5.57. The third kappa shape index (κ3) is 4.37. The first-order valence-electron chi connectivity index (χ1n) is 7.25. The molecule has 0 spiro atoms. The molecule has 1 N–H and O–H groups in total. The van der Waals surface area contributed by atoms with Crippen LogP contribution in [0.3, 0.4) is 0 Å². The minimum absolute atomic E-state index is 0.0989. The summed E-state index contributed by atoms with van der Waals surface area (Å²) in [5, 5.41) is 4.30. The van der Waals surface area contributed by atoms with Crippen LogP contribution < -0.4 is 10.2 Å². The molecule has 1 atom stereocenters. The maximum Gasteiger partial charge on any atom is 0.0722 e. The molecule has 0 aromatic heterocycles. The van der Waals surface area contributed by atoms with E-state index < -0.39 is 0 Å². The number of hydrogen-bond acceptors (Lipinski definition) is 3. The number of nitrogens with one attached hydrogen (secondary N) is 1. The number of halogens is 1. The third-order valence-corrected chi connectivity index (χ3v) is 3.80. The van der Waals surface area contributed by atoms with E-state index in [2.05, 4.69) is 56.1 Å². The molecule has 20 heavy (non-hydrogen) atoms. The van der Waals surface area contributed by atoms with Crippen molar-refractivity contribution in [2.75, 3.05) is 24.6 Å². The Morgan fingerprint density at radius 2 is 2.15 bits per heavy atom. The zero-order valence-electron chi connectivity index (χ0n) is 12.9. The van der Waals surface area contributed by atoms with Crippen molar-refractivity contribution >= 4 is 17.3 Å². The van der Waals surface area contributed by atoms with Crippen molar-refractivity contribution in [3.8, 4) is 0 Å². The molecule has 112 valence electrons. The summed E-state index contributed by atoms with van der Waals surface area (Å²) in [6.07, 6.45) is 0.282. The van der Waals surface area contributed by atoms with Crippen LogP contribution >= 0.6 is 11.6 Å². The molecular weight excluding hydrogens is 272 g/mol. The van der Waals surface area contributed by atoms with Crippen molar-refractivity contribution in [1.29, 1.82) is 0 Å². The second-order valence-corrected chi connectivity index (χ2v) is 6.91. The Morgan fingerprint density at radius 3 is 2.75 bits per heavy atom. The van der Waals surface area contributed by atoms with Gasteiger partial charge in [-0.15, -0.1) is 0 Å². The molecule has 0 saturated carbocycles. The lowest BCUT2D eigenvalue weighted by atomic mass is 10.1. The maximum atomic E-state index is 6.42. The Morgan fingerprint density at radius 1 is 1.40 bits per heavy atom. The third-order valence-electron chi connectivity index (χ3n) is 3.45. The number of anilines is 1. The second-order valence-electron chi connectivity index (χ2n) is 6.51. The van der Waals surface area contributed by atoms with E-state index in [1.807, 2.05) is 0 Å². The predicted octanol–water partition coefficient (Wildman–Crippen LogP) is 3.45. The summed E-state index contributed by atoms with van der Waals surface area (Å²) in [4.78, 5) is 2.33. The second kappa shape index (κ2) is 6.33. The molecule has 1 aliphatic heterocycles. The molecule has 1 aliphatic rings. The van der Waals surface area contributed by atoms with E-state index in [4.69, 9.17) is 16.3 Å². The van der Waals surface area contributed by atoms with Crippen LogP contribution in [0.2, 0.25) is 5.02 Å². The van der Waals surface area contributed by atoms with Gasteiger partial charge in [-0.1, -0.05) is 17.7 Å². The van der Waals surface area contributed by atoms with Gasteiger partial charge >= 0.3 is 0 Å². The first-order valence-corrected chi connectivity index (χ1v) is 7.63. The van der Waals surface area contributed by atoms with Crippen molar-refractivity contribution in [2.45, 2.75) is 45.9 Å². The lowest BCUT2D eigenvalue weighted by Gasteiger charge is -2.33. The molecular formula is C16H25ClN2O. The highest BCUT2D eigenvalue weighted by molar-refractivity contribution is 6.31. The molecule has 1 heterocycles. The van der Waals surface area contributed by atoms with E-state index in [-0.39, 0.29) is 11.6 Å². The van der Waals surface area contributed by atoms with Crippen molar-refractivity contribution in [3.63, 3.8) is 0 Å². The summed E-state index contributed by atoms with van der Waals surface area (Å²) >= 11 is 6.42. The quantitative estimate of drug-likeness (QED) is 0.924. The highest BCUT2D eigenvalue weighted by Gasteiger charge is 2.18. The SMILES string of the molecule is CC1CN(c2ccc(CNC(C)(C)C)c(Cl)c2)CCO1. The summed E-state index contributed by atoms with van der Waals surface area (Å²) in [5.74, 6) is 0. The van der Waals surface area contributed by atoms with E-state index in [9.17, 15) is 0 Å².